The zero-order valence-electron chi connectivity index (χ0n) is 14.0. The topological polar surface area (TPSA) is 55.0 Å². The lowest BCUT2D eigenvalue weighted by Crippen LogP contribution is -2.47. The molecule has 1 aromatic carbocycles. The van der Waals surface area contributed by atoms with Crippen LogP contribution in [-0.4, -0.2) is 50.5 Å². The van der Waals surface area contributed by atoms with Crippen LogP contribution in [0.1, 0.15) is 0 Å². The molecule has 0 bridgehead atoms. The Kier molecular flexibility index (Phi) is 3.68. The van der Waals surface area contributed by atoms with Crippen molar-refractivity contribution in [2.45, 2.75) is 0 Å². The molecule has 0 aliphatic carbocycles. The molecule has 24 heavy (non-hydrogen) atoms. The van der Waals surface area contributed by atoms with Crippen molar-refractivity contribution in [3.05, 3.63) is 42.7 Å². The first kappa shape index (κ1) is 14.7. The zero-order valence-corrected chi connectivity index (χ0v) is 14.0. The van der Waals surface area contributed by atoms with E-state index in [1.807, 2.05) is 29.4 Å². The lowest BCUT2D eigenvalue weighted by molar-refractivity contribution is 0.629. The summed E-state index contributed by atoms with van der Waals surface area (Å²) in [4.78, 5) is 9.07. The molecule has 0 N–H and O–H groups in total. The number of para-hydroxylation sites is 1. The smallest absolute Gasteiger partial charge is 0.227 e. The molecule has 0 atom stereocenters. The SMILES string of the molecule is Cn1ccnc1-c1nnc(N2CCN(c3ccccc3)CC2)n1C. The molecule has 3 heterocycles. The van der Waals surface area contributed by atoms with Gasteiger partial charge in [0, 0.05) is 58.4 Å². The van der Waals surface area contributed by atoms with Gasteiger partial charge in [0.2, 0.25) is 11.8 Å². The summed E-state index contributed by atoms with van der Waals surface area (Å²) >= 11 is 0. The number of imidazole rings is 1. The molecule has 1 fully saturated rings. The Morgan fingerprint density at radius 2 is 1.54 bits per heavy atom. The van der Waals surface area contributed by atoms with Gasteiger partial charge in [-0.1, -0.05) is 18.2 Å². The third kappa shape index (κ3) is 2.51. The standard InChI is InChI=1S/C17H21N7/c1-21-9-8-18-15(21)16-19-20-17(22(16)2)24-12-10-23(11-13-24)14-6-4-3-5-7-14/h3-9H,10-13H2,1-2H3. The summed E-state index contributed by atoms with van der Waals surface area (Å²) < 4.78 is 3.99. The Bertz CT molecular complexity index is 813. The van der Waals surface area contributed by atoms with Gasteiger partial charge in [0.25, 0.3) is 0 Å². The molecule has 1 aliphatic heterocycles. The van der Waals surface area contributed by atoms with E-state index in [1.165, 1.54) is 5.69 Å². The predicted molar refractivity (Wildman–Crippen MR) is 94.1 cm³/mol. The summed E-state index contributed by atoms with van der Waals surface area (Å²) in [6.07, 6.45) is 3.70. The molecule has 4 rings (SSSR count). The number of rotatable bonds is 3. The fourth-order valence-electron chi connectivity index (χ4n) is 3.18. The van der Waals surface area contributed by atoms with Crippen molar-refractivity contribution < 1.29 is 0 Å². The van der Waals surface area contributed by atoms with Crippen LogP contribution in [-0.2, 0) is 14.1 Å². The van der Waals surface area contributed by atoms with Crippen LogP contribution in [0.5, 0.6) is 0 Å². The summed E-state index contributed by atoms with van der Waals surface area (Å²) in [5.74, 6) is 2.53. The van der Waals surface area contributed by atoms with Crippen molar-refractivity contribution >= 4 is 11.6 Å². The van der Waals surface area contributed by atoms with Gasteiger partial charge in [-0.25, -0.2) is 4.98 Å². The highest BCUT2D eigenvalue weighted by atomic mass is 15.4. The first-order chi connectivity index (χ1) is 11.7. The predicted octanol–water partition coefficient (Wildman–Crippen LogP) is 1.54. The van der Waals surface area contributed by atoms with Gasteiger partial charge in [0.05, 0.1) is 0 Å². The van der Waals surface area contributed by atoms with E-state index < -0.39 is 0 Å². The van der Waals surface area contributed by atoms with Crippen LogP contribution in [0.4, 0.5) is 11.6 Å². The molecule has 0 amide bonds. The van der Waals surface area contributed by atoms with Crippen LogP contribution < -0.4 is 9.80 Å². The van der Waals surface area contributed by atoms with Gasteiger partial charge < -0.3 is 14.4 Å². The van der Waals surface area contributed by atoms with Gasteiger partial charge in [0.1, 0.15) is 0 Å². The van der Waals surface area contributed by atoms with Gasteiger partial charge >= 0.3 is 0 Å². The average Bonchev–Trinajstić information content (AvgIpc) is 3.21. The number of nitrogens with zero attached hydrogens (tertiary/aromatic N) is 7. The van der Waals surface area contributed by atoms with Crippen LogP contribution in [0.2, 0.25) is 0 Å². The second-order valence-corrected chi connectivity index (χ2v) is 6.05. The van der Waals surface area contributed by atoms with Gasteiger partial charge in [0.15, 0.2) is 5.82 Å². The molecule has 0 saturated carbocycles. The number of benzene rings is 1. The second kappa shape index (κ2) is 5.99. The number of aromatic nitrogens is 5. The fourth-order valence-corrected chi connectivity index (χ4v) is 3.18. The highest BCUT2D eigenvalue weighted by molar-refractivity contribution is 5.51. The van der Waals surface area contributed by atoms with Crippen molar-refractivity contribution in [1.82, 2.24) is 24.3 Å². The van der Waals surface area contributed by atoms with Crippen molar-refractivity contribution in [2.24, 2.45) is 14.1 Å². The first-order valence-electron chi connectivity index (χ1n) is 8.16. The highest BCUT2D eigenvalue weighted by Gasteiger charge is 2.23. The minimum absolute atomic E-state index is 0.794. The molecule has 2 aromatic heterocycles. The summed E-state index contributed by atoms with van der Waals surface area (Å²) in [6.45, 7) is 3.83. The number of hydrogen-bond acceptors (Lipinski definition) is 5. The lowest BCUT2D eigenvalue weighted by atomic mass is 10.2. The first-order valence-corrected chi connectivity index (χ1v) is 8.16. The molecule has 0 unspecified atom stereocenters. The quantitative estimate of drug-likeness (QED) is 0.732. The number of anilines is 2. The molecule has 7 heteroatoms. The number of aryl methyl sites for hydroxylation is 1. The van der Waals surface area contributed by atoms with Crippen molar-refractivity contribution in [3.63, 3.8) is 0 Å². The molecule has 0 spiro atoms. The van der Waals surface area contributed by atoms with Crippen LogP contribution in [0, 0.1) is 0 Å². The summed E-state index contributed by atoms with van der Waals surface area (Å²) in [6, 6.07) is 10.6. The normalized spacial score (nSPS) is 15.1. The maximum atomic E-state index is 4.40. The Hall–Kier alpha value is -2.83. The van der Waals surface area contributed by atoms with E-state index >= 15 is 0 Å². The summed E-state index contributed by atoms with van der Waals surface area (Å²) in [5.41, 5.74) is 1.28. The Morgan fingerprint density at radius 3 is 2.21 bits per heavy atom. The number of hydrogen-bond donors (Lipinski definition) is 0. The molecule has 0 radical (unpaired) electrons. The summed E-state index contributed by atoms with van der Waals surface area (Å²) in [5, 5.41) is 8.75. The molecule has 124 valence electrons. The maximum absolute atomic E-state index is 4.40. The van der Waals surface area contributed by atoms with Crippen LogP contribution in [0.3, 0.4) is 0 Å². The minimum atomic E-state index is 0.794. The van der Waals surface area contributed by atoms with E-state index in [-0.39, 0.29) is 0 Å². The van der Waals surface area contributed by atoms with Gasteiger partial charge in [-0.2, -0.15) is 0 Å². The lowest BCUT2D eigenvalue weighted by Gasteiger charge is -2.36. The van der Waals surface area contributed by atoms with E-state index in [1.54, 1.807) is 6.20 Å². The Labute approximate surface area is 141 Å². The van der Waals surface area contributed by atoms with Gasteiger partial charge in [-0.05, 0) is 12.1 Å². The summed E-state index contributed by atoms with van der Waals surface area (Å²) in [7, 11) is 3.97. The van der Waals surface area contributed by atoms with Crippen molar-refractivity contribution in [3.8, 4) is 11.6 Å². The average molecular weight is 323 g/mol. The molecule has 1 aliphatic rings. The molecule has 7 nitrogen and oxygen atoms in total. The number of piperazine rings is 1. The van der Waals surface area contributed by atoms with Crippen LogP contribution >= 0.6 is 0 Å². The molecular weight excluding hydrogens is 302 g/mol. The second-order valence-electron chi connectivity index (χ2n) is 6.05. The largest absolute Gasteiger partial charge is 0.368 e. The van der Waals surface area contributed by atoms with E-state index in [0.29, 0.717) is 0 Å². The van der Waals surface area contributed by atoms with E-state index in [9.17, 15) is 0 Å². The van der Waals surface area contributed by atoms with E-state index in [0.717, 1.165) is 43.8 Å². The third-order valence-corrected chi connectivity index (χ3v) is 4.56. The Morgan fingerprint density at radius 1 is 0.833 bits per heavy atom. The highest BCUT2D eigenvalue weighted by Crippen LogP contribution is 2.22. The molecular formula is C17H21N7. The third-order valence-electron chi connectivity index (χ3n) is 4.56. The van der Waals surface area contributed by atoms with E-state index in [2.05, 4.69) is 55.3 Å². The molecule has 3 aromatic rings. The van der Waals surface area contributed by atoms with Crippen molar-refractivity contribution in [1.29, 1.82) is 0 Å². The van der Waals surface area contributed by atoms with Gasteiger partial charge in [-0.15, -0.1) is 10.2 Å². The maximum Gasteiger partial charge on any atom is 0.227 e. The van der Waals surface area contributed by atoms with Crippen LogP contribution in [0.15, 0.2) is 42.7 Å². The zero-order chi connectivity index (χ0) is 16.5. The van der Waals surface area contributed by atoms with Crippen LogP contribution in [0.25, 0.3) is 11.6 Å². The minimum Gasteiger partial charge on any atom is -0.368 e. The fraction of sp³-hybridized carbons (Fsp3) is 0.353. The Balaban J connectivity index is 1.51. The van der Waals surface area contributed by atoms with E-state index in [4.69, 9.17) is 0 Å². The van der Waals surface area contributed by atoms with Crippen molar-refractivity contribution in [2.75, 3.05) is 36.0 Å². The monoisotopic (exact) mass is 323 g/mol. The molecule has 1 saturated heterocycles. The van der Waals surface area contributed by atoms with Gasteiger partial charge in [-0.3, -0.25) is 4.57 Å².